The predicted molar refractivity (Wildman–Crippen MR) is 94.3 cm³/mol. The number of hydrogen-bond acceptors (Lipinski definition) is 4. The second-order valence-corrected chi connectivity index (χ2v) is 6.40. The molecule has 0 fully saturated rings. The predicted octanol–water partition coefficient (Wildman–Crippen LogP) is 4.99. The van der Waals surface area contributed by atoms with Crippen molar-refractivity contribution >= 4 is 15.9 Å². The molecule has 2 aromatic rings. The molecule has 1 N–H and O–H groups in total. The molecule has 0 amide bonds. The van der Waals surface area contributed by atoms with Crippen molar-refractivity contribution in [1.29, 1.82) is 10.5 Å². The molecular weight excluding hydrogens is 366 g/mol. The van der Waals surface area contributed by atoms with Gasteiger partial charge in [0, 0.05) is 21.4 Å². The number of allylic oxidation sites excluding steroid dienone is 4. The fraction of sp³-hybridized carbons (Fsp3) is 0.158. The van der Waals surface area contributed by atoms with E-state index >= 15 is 0 Å². The van der Waals surface area contributed by atoms with Crippen LogP contribution in [0.3, 0.4) is 0 Å². The van der Waals surface area contributed by atoms with E-state index in [1.54, 1.807) is 0 Å². The van der Waals surface area contributed by atoms with E-state index < -0.39 is 5.92 Å². The third kappa shape index (κ3) is 2.64. The molecule has 0 spiro atoms. The highest BCUT2D eigenvalue weighted by molar-refractivity contribution is 9.10. The van der Waals surface area contributed by atoms with Crippen molar-refractivity contribution < 1.29 is 4.42 Å². The average molecular weight is 380 g/mol. The average Bonchev–Trinajstić information content (AvgIpc) is 3.04. The summed E-state index contributed by atoms with van der Waals surface area (Å²) in [5.41, 5.74) is 3.43. The zero-order valence-electron chi connectivity index (χ0n) is 13.2. The van der Waals surface area contributed by atoms with E-state index in [2.05, 4.69) is 33.4 Å². The van der Waals surface area contributed by atoms with Gasteiger partial charge in [0.05, 0.1) is 29.2 Å². The fourth-order valence-electron chi connectivity index (χ4n) is 2.89. The Balaban J connectivity index is 2.11. The first kappa shape index (κ1) is 16.1. The largest absolute Gasteiger partial charge is 0.460 e. The minimum Gasteiger partial charge on any atom is -0.460 e. The van der Waals surface area contributed by atoms with Crippen molar-refractivity contribution in [1.82, 2.24) is 5.32 Å². The molecule has 0 saturated carbocycles. The number of hydrogen-bond donors (Lipinski definition) is 1. The summed E-state index contributed by atoms with van der Waals surface area (Å²) in [5.74, 6) is 0.812. The van der Waals surface area contributed by atoms with Crippen LogP contribution in [0, 0.1) is 22.7 Å². The lowest BCUT2D eigenvalue weighted by atomic mass is 9.85. The van der Waals surface area contributed by atoms with Gasteiger partial charge in [0.15, 0.2) is 0 Å². The van der Waals surface area contributed by atoms with Crippen LogP contribution in [-0.4, -0.2) is 0 Å². The fourth-order valence-corrected chi connectivity index (χ4v) is 3.37. The van der Waals surface area contributed by atoms with Crippen LogP contribution in [-0.2, 0) is 0 Å². The Labute approximate surface area is 148 Å². The molecule has 1 aliphatic rings. The van der Waals surface area contributed by atoms with Gasteiger partial charge in [0.25, 0.3) is 0 Å². The maximum absolute atomic E-state index is 9.53. The van der Waals surface area contributed by atoms with Crippen molar-refractivity contribution in [3.63, 3.8) is 0 Å². The number of dihydropyridines is 1. The smallest absolute Gasteiger partial charge is 0.135 e. The molecular formula is C19H14BrN3O. The summed E-state index contributed by atoms with van der Waals surface area (Å²) in [6.07, 6.45) is 0. The Kier molecular flexibility index (Phi) is 4.29. The van der Waals surface area contributed by atoms with Crippen LogP contribution in [0.25, 0.3) is 11.3 Å². The van der Waals surface area contributed by atoms with E-state index in [-0.39, 0.29) is 0 Å². The molecule has 1 aromatic carbocycles. The van der Waals surface area contributed by atoms with E-state index in [0.717, 1.165) is 21.4 Å². The van der Waals surface area contributed by atoms with Crippen molar-refractivity contribution in [2.24, 2.45) is 0 Å². The first-order valence-electron chi connectivity index (χ1n) is 7.40. The number of furan rings is 1. The highest BCUT2D eigenvalue weighted by Crippen LogP contribution is 2.40. The van der Waals surface area contributed by atoms with Crippen LogP contribution in [0.5, 0.6) is 0 Å². The number of halogens is 1. The van der Waals surface area contributed by atoms with Gasteiger partial charge in [-0.3, -0.25) is 0 Å². The molecule has 0 bridgehead atoms. The van der Waals surface area contributed by atoms with Gasteiger partial charge in [-0.1, -0.05) is 34.1 Å². The Hall–Kier alpha value is -2.76. The zero-order valence-corrected chi connectivity index (χ0v) is 14.8. The lowest BCUT2D eigenvalue weighted by Gasteiger charge is -2.24. The highest BCUT2D eigenvalue weighted by atomic mass is 79.9. The van der Waals surface area contributed by atoms with Crippen LogP contribution in [0.2, 0.25) is 0 Å². The van der Waals surface area contributed by atoms with E-state index in [0.29, 0.717) is 22.7 Å². The molecule has 1 aromatic heterocycles. The van der Waals surface area contributed by atoms with Gasteiger partial charge in [-0.2, -0.15) is 10.5 Å². The molecule has 0 radical (unpaired) electrons. The second kappa shape index (κ2) is 6.39. The van der Waals surface area contributed by atoms with E-state index in [4.69, 9.17) is 4.42 Å². The van der Waals surface area contributed by atoms with Gasteiger partial charge in [0.1, 0.15) is 11.5 Å². The zero-order chi connectivity index (χ0) is 17.3. The summed E-state index contributed by atoms with van der Waals surface area (Å²) >= 11 is 3.52. The van der Waals surface area contributed by atoms with Crippen LogP contribution < -0.4 is 5.32 Å². The van der Waals surface area contributed by atoms with Gasteiger partial charge in [0.2, 0.25) is 0 Å². The number of nitriles is 2. The second-order valence-electron chi connectivity index (χ2n) is 5.54. The number of nitrogens with one attached hydrogen (secondary N) is 1. The van der Waals surface area contributed by atoms with Gasteiger partial charge in [-0.15, -0.1) is 0 Å². The molecule has 0 saturated heterocycles. The Bertz CT molecular complexity index is 917. The minimum atomic E-state index is -0.475. The topological polar surface area (TPSA) is 72.8 Å². The molecule has 0 aliphatic carbocycles. The number of nitrogens with zero attached hydrogens (tertiary/aromatic N) is 2. The number of rotatable bonds is 2. The van der Waals surface area contributed by atoms with Crippen LogP contribution in [0.4, 0.5) is 0 Å². The van der Waals surface area contributed by atoms with Crippen molar-refractivity contribution in [3.05, 3.63) is 69.2 Å². The van der Waals surface area contributed by atoms with Crippen molar-refractivity contribution in [2.45, 2.75) is 19.8 Å². The molecule has 0 unspecified atom stereocenters. The van der Waals surface area contributed by atoms with Crippen molar-refractivity contribution in [3.8, 4) is 23.5 Å². The van der Waals surface area contributed by atoms with Gasteiger partial charge >= 0.3 is 0 Å². The van der Waals surface area contributed by atoms with Gasteiger partial charge in [-0.05, 0) is 32.0 Å². The third-order valence-corrected chi connectivity index (χ3v) is 4.74. The monoisotopic (exact) mass is 379 g/mol. The quantitative estimate of drug-likeness (QED) is 0.797. The molecule has 0 atom stereocenters. The van der Waals surface area contributed by atoms with Crippen molar-refractivity contribution in [2.75, 3.05) is 0 Å². The Morgan fingerprint density at radius 2 is 1.62 bits per heavy atom. The molecule has 4 nitrogen and oxygen atoms in total. The summed E-state index contributed by atoms with van der Waals surface area (Å²) in [6, 6.07) is 15.9. The molecule has 2 heterocycles. The Morgan fingerprint density at radius 3 is 2.21 bits per heavy atom. The molecule has 1 aliphatic heterocycles. The first-order valence-corrected chi connectivity index (χ1v) is 8.19. The lowest BCUT2D eigenvalue weighted by Crippen LogP contribution is -2.23. The van der Waals surface area contributed by atoms with E-state index in [1.807, 2.05) is 50.2 Å². The van der Waals surface area contributed by atoms with Gasteiger partial charge in [-0.25, -0.2) is 0 Å². The maximum atomic E-state index is 9.53. The maximum Gasteiger partial charge on any atom is 0.135 e. The van der Waals surface area contributed by atoms with Gasteiger partial charge < -0.3 is 9.73 Å². The third-order valence-electron chi connectivity index (χ3n) is 4.05. The molecule has 118 valence electrons. The SMILES string of the molecule is CC1=C(C#N)C(c2ccc(-c3ccccc3Br)o2)C(C#N)=C(C)N1. The summed E-state index contributed by atoms with van der Waals surface area (Å²) in [5, 5.41) is 22.2. The Morgan fingerprint density at radius 1 is 1.00 bits per heavy atom. The summed E-state index contributed by atoms with van der Waals surface area (Å²) in [6.45, 7) is 3.67. The minimum absolute atomic E-state index is 0.475. The first-order chi connectivity index (χ1) is 11.6. The standard InChI is InChI=1S/C19H14BrN3O/c1-11-14(9-21)19(15(10-22)12(2)23-11)18-8-7-17(24-18)13-5-3-4-6-16(13)20/h3-8,19,23H,1-2H3. The normalized spacial score (nSPS) is 15.0. The van der Waals surface area contributed by atoms with E-state index in [1.165, 1.54) is 0 Å². The molecule has 5 heteroatoms. The van der Waals surface area contributed by atoms with E-state index in [9.17, 15) is 10.5 Å². The highest BCUT2D eigenvalue weighted by Gasteiger charge is 2.31. The summed E-state index contributed by atoms with van der Waals surface area (Å²) < 4.78 is 6.95. The molecule has 3 rings (SSSR count). The van der Waals surface area contributed by atoms with Crippen LogP contribution in [0.1, 0.15) is 25.5 Å². The lowest BCUT2D eigenvalue weighted by molar-refractivity contribution is 0.510. The summed E-state index contributed by atoms with van der Waals surface area (Å²) in [4.78, 5) is 0. The molecule has 24 heavy (non-hydrogen) atoms. The summed E-state index contributed by atoms with van der Waals surface area (Å²) in [7, 11) is 0. The van der Waals surface area contributed by atoms with Crippen LogP contribution in [0.15, 0.2) is 67.8 Å². The van der Waals surface area contributed by atoms with Crippen LogP contribution >= 0.6 is 15.9 Å². The number of benzene rings is 1.